The summed E-state index contributed by atoms with van der Waals surface area (Å²) in [6.45, 7) is 7.86. The van der Waals surface area contributed by atoms with Crippen LogP contribution in [0.2, 0.25) is 0 Å². The van der Waals surface area contributed by atoms with Gasteiger partial charge in [-0.05, 0) is 25.0 Å². The zero-order valence-corrected chi connectivity index (χ0v) is 8.28. The summed E-state index contributed by atoms with van der Waals surface area (Å²) in [5, 5.41) is 0.698. The number of aryl methyl sites for hydroxylation is 2. The third-order valence-corrected chi connectivity index (χ3v) is 2.02. The fourth-order valence-electron chi connectivity index (χ4n) is 1.20. The summed E-state index contributed by atoms with van der Waals surface area (Å²) in [4.78, 5) is 0. The van der Waals surface area contributed by atoms with Crippen LogP contribution >= 0.6 is 11.6 Å². The van der Waals surface area contributed by atoms with Crippen molar-refractivity contribution in [3.8, 4) is 0 Å². The highest BCUT2D eigenvalue weighted by Crippen LogP contribution is 2.15. The summed E-state index contributed by atoms with van der Waals surface area (Å²) in [5.74, 6) is 0. The molecule has 64 valence electrons. The molecule has 0 aromatic heterocycles. The van der Waals surface area contributed by atoms with Crippen LogP contribution in [-0.2, 0) is 6.42 Å². The summed E-state index contributed by atoms with van der Waals surface area (Å²) >= 11 is 5.74. The zero-order valence-electron chi connectivity index (χ0n) is 7.52. The molecule has 0 nitrogen and oxygen atoms in total. The minimum absolute atomic E-state index is 0.698. The number of hydrogen-bond donors (Lipinski definition) is 0. The average Bonchev–Trinajstić information content (AvgIpc) is 1.96. The maximum Gasteiger partial charge on any atom is 0.0153 e. The number of allylic oxidation sites excluding steroid dienone is 1. The number of hydrogen-bond acceptors (Lipinski definition) is 0. The van der Waals surface area contributed by atoms with E-state index in [0.29, 0.717) is 5.03 Å². The van der Waals surface area contributed by atoms with Crippen molar-refractivity contribution in [3.05, 3.63) is 46.5 Å². The molecule has 0 aliphatic carbocycles. The van der Waals surface area contributed by atoms with Crippen molar-refractivity contribution in [2.24, 2.45) is 0 Å². The second kappa shape index (κ2) is 3.77. The lowest BCUT2D eigenvalue weighted by Gasteiger charge is -2.05. The van der Waals surface area contributed by atoms with Crippen molar-refractivity contribution in [2.75, 3.05) is 0 Å². The minimum Gasteiger partial charge on any atom is -0.0894 e. The molecule has 0 unspecified atom stereocenters. The molecule has 0 N–H and O–H groups in total. The van der Waals surface area contributed by atoms with Gasteiger partial charge in [0.25, 0.3) is 0 Å². The van der Waals surface area contributed by atoms with Crippen LogP contribution in [-0.4, -0.2) is 0 Å². The highest BCUT2D eigenvalue weighted by atomic mass is 35.5. The van der Waals surface area contributed by atoms with E-state index in [9.17, 15) is 0 Å². The number of rotatable bonds is 2. The molecule has 0 amide bonds. The standard InChI is InChI=1S/C11H13Cl/c1-8-4-5-9(2)11(6-8)7-10(3)12/h4-6H,3,7H2,1-2H3. The highest BCUT2D eigenvalue weighted by Gasteiger charge is 1.98. The van der Waals surface area contributed by atoms with E-state index in [1.807, 2.05) is 0 Å². The fourth-order valence-corrected chi connectivity index (χ4v) is 1.34. The van der Waals surface area contributed by atoms with E-state index in [2.05, 4.69) is 38.6 Å². The predicted molar refractivity (Wildman–Crippen MR) is 54.6 cm³/mol. The van der Waals surface area contributed by atoms with E-state index in [1.165, 1.54) is 16.7 Å². The van der Waals surface area contributed by atoms with Gasteiger partial charge in [-0.3, -0.25) is 0 Å². The molecule has 0 atom stereocenters. The van der Waals surface area contributed by atoms with Crippen molar-refractivity contribution >= 4 is 11.6 Å². The van der Waals surface area contributed by atoms with Crippen LogP contribution in [0.1, 0.15) is 16.7 Å². The van der Waals surface area contributed by atoms with Gasteiger partial charge >= 0.3 is 0 Å². The topological polar surface area (TPSA) is 0 Å². The molecule has 1 aromatic carbocycles. The Hall–Kier alpha value is -0.750. The Kier molecular flexibility index (Phi) is 2.93. The predicted octanol–water partition coefficient (Wildman–Crippen LogP) is 3.60. The second-order valence-corrected chi connectivity index (χ2v) is 3.66. The summed E-state index contributed by atoms with van der Waals surface area (Å²) < 4.78 is 0. The van der Waals surface area contributed by atoms with E-state index in [0.717, 1.165) is 6.42 Å². The first kappa shape index (κ1) is 9.34. The molecule has 12 heavy (non-hydrogen) atoms. The minimum atomic E-state index is 0.698. The summed E-state index contributed by atoms with van der Waals surface area (Å²) in [5.41, 5.74) is 3.82. The van der Waals surface area contributed by atoms with Gasteiger partial charge in [-0.1, -0.05) is 41.9 Å². The van der Waals surface area contributed by atoms with Gasteiger partial charge < -0.3 is 0 Å². The van der Waals surface area contributed by atoms with Crippen molar-refractivity contribution in [2.45, 2.75) is 20.3 Å². The van der Waals surface area contributed by atoms with E-state index in [4.69, 9.17) is 11.6 Å². The van der Waals surface area contributed by atoms with Crippen LogP contribution in [0.4, 0.5) is 0 Å². The lowest BCUT2D eigenvalue weighted by Crippen LogP contribution is -1.89. The van der Waals surface area contributed by atoms with Crippen LogP contribution < -0.4 is 0 Å². The molecule has 0 aliphatic heterocycles. The molecule has 0 saturated carbocycles. The molecule has 1 rings (SSSR count). The monoisotopic (exact) mass is 180 g/mol. The summed E-state index contributed by atoms with van der Waals surface area (Å²) in [6.07, 6.45) is 0.773. The van der Waals surface area contributed by atoms with Crippen LogP contribution in [0, 0.1) is 13.8 Å². The zero-order chi connectivity index (χ0) is 9.14. The molecule has 0 spiro atoms. The lowest BCUT2D eigenvalue weighted by atomic mass is 10.0. The first-order chi connectivity index (χ1) is 5.59. The Bertz CT molecular complexity index is 300. The van der Waals surface area contributed by atoms with Gasteiger partial charge in [0, 0.05) is 11.5 Å². The highest BCUT2D eigenvalue weighted by molar-refractivity contribution is 6.29. The molecule has 0 radical (unpaired) electrons. The quantitative estimate of drug-likeness (QED) is 0.653. The van der Waals surface area contributed by atoms with Crippen molar-refractivity contribution in [1.82, 2.24) is 0 Å². The summed E-state index contributed by atoms with van der Waals surface area (Å²) in [7, 11) is 0. The van der Waals surface area contributed by atoms with Gasteiger partial charge in [0.1, 0.15) is 0 Å². The van der Waals surface area contributed by atoms with Gasteiger partial charge in [0.05, 0.1) is 0 Å². The van der Waals surface area contributed by atoms with Gasteiger partial charge in [0.15, 0.2) is 0 Å². The van der Waals surface area contributed by atoms with Crippen molar-refractivity contribution in [1.29, 1.82) is 0 Å². The average molecular weight is 181 g/mol. The SMILES string of the molecule is C=C(Cl)Cc1cc(C)ccc1C. The molecule has 0 saturated heterocycles. The molecule has 0 aliphatic rings. The second-order valence-electron chi connectivity index (χ2n) is 3.12. The van der Waals surface area contributed by atoms with Crippen LogP contribution in [0.3, 0.4) is 0 Å². The normalized spacial score (nSPS) is 9.92. The Morgan fingerprint density at radius 2 is 2.08 bits per heavy atom. The Labute approximate surface area is 78.9 Å². The van der Waals surface area contributed by atoms with Gasteiger partial charge in [0.2, 0.25) is 0 Å². The molecule has 0 heterocycles. The Morgan fingerprint density at radius 1 is 1.42 bits per heavy atom. The number of benzene rings is 1. The van der Waals surface area contributed by atoms with Crippen molar-refractivity contribution in [3.63, 3.8) is 0 Å². The van der Waals surface area contributed by atoms with Crippen LogP contribution in [0.25, 0.3) is 0 Å². The van der Waals surface area contributed by atoms with Gasteiger partial charge in [-0.15, -0.1) is 0 Å². The van der Waals surface area contributed by atoms with Crippen LogP contribution in [0.5, 0.6) is 0 Å². The first-order valence-corrected chi connectivity index (χ1v) is 4.37. The van der Waals surface area contributed by atoms with Crippen molar-refractivity contribution < 1.29 is 0 Å². The lowest BCUT2D eigenvalue weighted by molar-refractivity contribution is 1.18. The largest absolute Gasteiger partial charge is 0.0894 e. The van der Waals surface area contributed by atoms with E-state index >= 15 is 0 Å². The van der Waals surface area contributed by atoms with E-state index in [-0.39, 0.29) is 0 Å². The smallest absolute Gasteiger partial charge is 0.0153 e. The van der Waals surface area contributed by atoms with Gasteiger partial charge in [-0.25, -0.2) is 0 Å². The molecular formula is C11H13Cl. The fraction of sp³-hybridized carbons (Fsp3) is 0.273. The Morgan fingerprint density at radius 3 is 2.67 bits per heavy atom. The molecule has 1 aromatic rings. The van der Waals surface area contributed by atoms with Crippen LogP contribution in [0.15, 0.2) is 29.8 Å². The summed E-state index contributed by atoms with van der Waals surface area (Å²) in [6, 6.07) is 6.38. The molecule has 0 fully saturated rings. The third-order valence-electron chi connectivity index (χ3n) is 1.89. The Balaban J connectivity index is 2.97. The maximum absolute atomic E-state index is 5.74. The maximum atomic E-state index is 5.74. The molecule has 0 bridgehead atoms. The van der Waals surface area contributed by atoms with Gasteiger partial charge in [-0.2, -0.15) is 0 Å². The van der Waals surface area contributed by atoms with E-state index < -0.39 is 0 Å². The molecule has 1 heteroatoms. The van der Waals surface area contributed by atoms with E-state index in [1.54, 1.807) is 0 Å². The molecular weight excluding hydrogens is 168 g/mol. The third kappa shape index (κ3) is 2.38. The first-order valence-electron chi connectivity index (χ1n) is 3.99. The number of halogens is 1.